The molecule has 0 bridgehead atoms. The molecule has 24 heavy (non-hydrogen) atoms. The first kappa shape index (κ1) is 16.7. The van der Waals surface area contributed by atoms with Gasteiger partial charge in [-0.25, -0.2) is 8.78 Å². The normalized spacial score (nSPS) is 25.8. The number of hydrogen-bond acceptors (Lipinski definition) is 3. The van der Waals surface area contributed by atoms with Gasteiger partial charge < -0.3 is 15.1 Å². The molecule has 0 saturated carbocycles. The Kier molecular flexibility index (Phi) is 4.24. The van der Waals surface area contributed by atoms with Crippen molar-refractivity contribution in [3.8, 4) is 0 Å². The third-order valence-electron chi connectivity index (χ3n) is 4.79. The molecule has 1 aromatic carbocycles. The summed E-state index contributed by atoms with van der Waals surface area (Å²) in [6.07, 6.45) is 2.07. The highest BCUT2D eigenvalue weighted by atomic mass is 19.3. The lowest BCUT2D eigenvalue weighted by Crippen LogP contribution is -2.39. The molecule has 2 heterocycles. The standard InChI is InChI=1S/C18H23F2N3O/c1-3-16(24)23-9-7-17(2,12-23)21-14-5-4-6-15(11-14)22-10-8-18(19,20)13-22/h3-6,11,21H,1,7-10,12-13H2,2H3. The minimum absolute atomic E-state index is 0.0615. The second kappa shape index (κ2) is 6.07. The molecule has 2 fully saturated rings. The van der Waals surface area contributed by atoms with Gasteiger partial charge in [-0.05, 0) is 37.6 Å². The number of carbonyl (C=O) groups excluding carboxylic acids is 1. The molecule has 4 nitrogen and oxygen atoms in total. The molecule has 0 spiro atoms. The number of alkyl halides is 2. The largest absolute Gasteiger partial charge is 0.378 e. The fraction of sp³-hybridized carbons (Fsp3) is 0.500. The third kappa shape index (κ3) is 3.52. The van der Waals surface area contributed by atoms with Crippen LogP contribution in [0.15, 0.2) is 36.9 Å². The van der Waals surface area contributed by atoms with Gasteiger partial charge in [0.25, 0.3) is 5.92 Å². The first-order valence-electron chi connectivity index (χ1n) is 8.23. The molecular formula is C18H23F2N3O. The van der Waals surface area contributed by atoms with E-state index in [2.05, 4.69) is 18.8 Å². The summed E-state index contributed by atoms with van der Waals surface area (Å²) in [6, 6.07) is 7.57. The maximum Gasteiger partial charge on any atom is 0.266 e. The Bertz CT molecular complexity index is 649. The number of nitrogens with zero attached hydrogens (tertiary/aromatic N) is 2. The van der Waals surface area contributed by atoms with E-state index in [-0.39, 0.29) is 24.4 Å². The van der Waals surface area contributed by atoms with Gasteiger partial charge in [-0.15, -0.1) is 0 Å². The zero-order chi connectivity index (χ0) is 17.4. The molecule has 1 aromatic rings. The molecule has 0 aromatic heterocycles. The van der Waals surface area contributed by atoms with Crippen LogP contribution in [0.25, 0.3) is 0 Å². The van der Waals surface area contributed by atoms with Gasteiger partial charge in [-0.1, -0.05) is 12.6 Å². The fourth-order valence-electron chi connectivity index (χ4n) is 3.47. The van der Waals surface area contributed by atoms with Gasteiger partial charge in [0, 0.05) is 37.4 Å². The van der Waals surface area contributed by atoms with Crippen molar-refractivity contribution in [3.63, 3.8) is 0 Å². The van der Waals surface area contributed by atoms with E-state index in [1.54, 1.807) is 9.80 Å². The quantitative estimate of drug-likeness (QED) is 0.859. The van der Waals surface area contributed by atoms with Gasteiger partial charge >= 0.3 is 0 Å². The van der Waals surface area contributed by atoms with Crippen molar-refractivity contribution in [1.29, 1.82) is 0 Å². The molecule has 1 atom stereocenters. The Morgan fingerprint density at radius 1 is 1.29 bits per heavy atom. The molecule has 130 valence electrons. The molecule has 2 aliphatic heterocycles. The minimum Gasteiger partial charge on any atom is -0.378 e. The average Bonchev–Trinajstić information content (AvgIpc) is 3.09. The van der Waals surface area contributed by atoms with Crippen molar-refractivity contribution in [3.05, 3.63) is 36.9 Å². The van der Waals surface area contributed by atoms with Crippen LogP contribution in [-0.2, 0) is 4.79 Å². The van der Waals surface area contributed by atoms with Gasteiger partial charge in [0.1, 0.15) is 0 Å². The van der Waals surface area contributed by atoms with Gasteiger partial charge in [0.05, 0.1) is 12.1 Å². The number of benzene rings is 1. The van der Waals surface area contributed by atoms with Crippen molar-refractivity contribution >= 4 is 17.3 Å². The summed E-state index contributed by atoms with van der Waals surface area (Å²) in [5.41, 5.74) is 1.46. The predicted octanol–water partition coefficient (Wildman–Crippen LogP) is 3.12. The summed E-state index contributed by atoms with van der Waals surface area (Å²) in [5.74, 6) is -2.67. The molecule has 2 saturated heterocycles. The van der Waals surface area contributed by atoms with Gasteiger partial charge in [-0.3, -0.25) is 4.79 Å². The predicted molar refractivity (Wildman–Crippen MR) is 91.6 cm³/mol. The highest BCUT2D eigenvalue weighted by molar-refractivity contribution is 5.87. The molecule has 1 N–H and O–H groups in total. The van der Waals surface area contributed by atoms with E-state index in [0.29, 0.717) is 19.6 Å². The van der Waals surface area contributed by atoms with E-state index in [9.17, 15) is 13.6 Å². The Balaban J connectivity index is 1.69. The van der Waals surface area contributed by atoms with E-state index >= 15 is 0 Å². The van der Waals surface area contributed by atoms with E-state index in [0.717, 1.165) is 17.8 Å². The molecule has 1 unspecified atom stereocenters. The lowest BCUT2D eigenvalue weighted by Gasteiger charge is -2.28. The van der Waals surface area contributed by atoms with E-state index < -0.39 is 5.92 Å². The van der Waals surface area contributed by atoms with Crippen LogP contribution in [-0.4, -0.2) is 48.4 Å². The van der Waals surface area contributed by atoms with Crippen LogP contribution in [0.4, 0.5) is 20.2 Å². The molecule has 2 aliphatic rings. The SMILES string of the molecule is C=CC(=O)N1CCC(C)(Nc2cccc(N3CCC(F)(F)C3)c2)C1. The Morgan fingerprint density at radius 3 is 2.75 bits per heavy atom. The summed E-state index contributed by atoms with van der Waals surface area (Å²) in [7, 11) is 0. The van der Waals surface area contributed by atoms with Crippen LogP contribution >= 0.6 is 0 Å². The van der Waals surface area contributed by atoms with Gasteiger partial charge in [-0.2, -0.15) is 0 Å². The molecule has 6 heteroatoms. The van der Waals surface area contributed by atoms with Crippen LogP contribution in [0.3, 0.4) is 0 Å². The summed E-state index contributed by atoms with van der Waals surface area (Å²) in [5, 5.41) is 3.47. The molecular weight excluding hydrogens is 312 g/mol. The summed E-state index contributed by atoms with van der Waals surface area (Å²) in [4.78, 5) is 15.2. The van der Waals surface area contributed by atoms with Crippen molar-refractivity contribution < 1.29 is 13.6 Å². The first-order chi connectivity index (χ1) is 11.3. The Labute approximate surface area is 141 Å². The second-order valence-corrected chi connectivity index (χ2v) is 6.98. The number of nitrogens with one attached hydrogen (secondary N) is 1. The van der Waals surface area contributed by atoms with E-state index in [4.69, 9.17) is 0 Å². The maximum atomic E-state index is 13.4. The maximum absolute atomic E-state index is 13.4. The topological polar surface area (TPSA) is 35.6 Å². The number of likely N-dealkylation sites (tertiary alicyclic amines) is 1. The van der Waals surface area contributed by atoms with E-state index in [1.807, 2.05) is 24.3 Å². The molecule has 0 radical (unpaired) electrons. The van der Waals surface area contributed by atoms with E-state index in [1.165, 1.54) is 6.08 Å². The highest BCUT2D eigenvalue weighted by Crippen LogP contribution is 2.33. The van der Waals surface area contributed by atoms with Gasteiger partial charge in [0.15, 0.2) is 0 Å². The molecule has 0 aliphatic carbocycles. The zero-order valence-electron chi connectivity index (χ0n) is 13.9. The number of amides is 1. The monoisotopic (exact) mass is 335 g/mol. The molecule has 1 amide bonds. The Hall–Kier alpha value is -2.11. The smallest absolute Gasteiger partial charge is 0.266 e. The number of anilines is 2. The first-order valence-corrected chi connectivity index (χ1v) is 8.23. The van der Waals surface area contributed by atoms with Crippen molar-refractivity contribution in [1.82, 2.24) is 4.90 Å². The number of rotatable bonds is 4. The van der Waals surface area contributed by atoms with Crippen molar-refractivity contribution in [2.24, 2.45) is 0 Å². The van der Waals surface area contributed by atoms with Crippen LogP contribution in [0.2, 0.25) is 0 Å². The summed E-state index contributed by atoms with van der Waals surface area (Å²) >= 11 is 0. The molecule has 3 rings (SSSR count). The van der Waals surface area contributed by atoms with Gasteiger partial charge in [0.2, 0.25) is 5.91 Å². The van der Waals surface area contributed by atoms with Crippen molar-refractivity contribution in [2.45, 2.75) is 31.2 Å². The third-order valence-corrected chi connectivity index (χ3v) is 4.79. The second-order valence-electron chi connectivity index (χ2n) is 6.98. The van der Waals surface area contributed by atoms with Crippen LogP contribution in [0, 0.1) is 0 Å². The number of hydrogen-bond donors (Lipinski definition) is 1. The van der Waals surface area contributed by atoms with Crippen LogP contribution in [0.5, 0.6) is 0 Å². The zero-order valence-corrected chi connectivity index (χ0v) is 13.9. The fourth-order valence-corrected chi connectivity index (χ4v) is 3.47. The Morgan fingerprint density at radius 2 is 2.08 bits per heavy atom. The summed E-state index contributed by atoms with van der Waals surface area (Å²) < 4.78 is 26.8. The highest BCUT2D eigenvalue weighted by Gasteiger charge is 2.38. The average molecular weight is 335 g/mol. The number of carbonyl (C=O) groups is 1. The van der Waals surface area contributed by atoms with Crippen LogP contribution < -0.4 is 10.2 Å². The lowest BCUT2D eigenvalue weighted by molar-refractivity contribution is -0.125. The summed E-state index contributed by atoms with van der Waals surface area (Å²) in [6.45, 7) is 7.03. The minimum atomic E-state index is -2.60. The van der Waals surface area contributed by atoms with Crippen LogP contribution in [0.1, 0.15) is 19.8 Å². The number of halogens is 2. The lowest BCUT2D eigenvalue weighted by atomic mass is 10.0. The van der Waals surface area contributed by atoms with Crippen molar-refractivity contribution in [2.75, 3.05) is 36.4 Å².